The second-order valence-electron chi connectivity index (χ2n) is 2.30. The van der Waals surface area contributed by atoms with Crippen LogP contribution in [0, 0.1) is 0 Å². The van der Waals surface area contributed by atoms with E-state index >= 15 is 0 Å². The molecule has 58 valence electrons. The van der Waals surface area contributed by atoms with Gasteiger partial charge in [0.1, 0.15) is 0 Å². The molecule has 0 spiro atoms. The van der Waals surface area contributed by atoms with Gasteiger partial charge < -0.3 is 4.74 Å². The Hall–Kier alpha value is -1.24. The summed E-state index contributed by atoms with van der Waals surface area (Å²) in [4.78, 5) is 0. The van der Waals surface area contributed by atoms with Crippen LogP contribution in [0.25, 0.3) is 0 Å². The van der Waals surface area contributed by atoms with Crippen LogP contribution in [0.4, 0.5) is 0 Å². The molecule has 0 heterocycles. The number of ether oxygens (including phenoxy) is 1. The fourth-order valence-corrected chi connectivity index (χ4v) is 0.895. The van der Waals surface area contributed by atoms with Crippen molar-refractivity contribution in [2.45, 2.75) is 6.42 Å². The molecular formula is C10H12O. The minimum absolute atomic E-state index is 0.939. The van der Waals surface area contributed by atoms with Crippen molar-refractivity contribution in [2.24, 2.45) is 0 Å². The van der Waals surface area contributed by atoms with Gasteiger partial charge in [-0.1, -0.05) is 30.3 Å². The van der Waals surface area contributed by atoms with Gasteiger partial charge in [0.25, 0.3) is 0 Å². The van der Waals surface area contributed by atoms with Crippen LogP contribution in [-0.4, -0.2) is 7.11 Å². The fraction of sp³-hybridized carbons (Fsp3) is 0.200. The average Bonchev–Trinajstić information content (AvgIpc) is 2.07. The largest absolute Gasteiger partial charge is 0.505 e. The molecule has 0 fully saturated rings. The number of allylic oxidation sites excluding steroid dienone is 1. The summed E-state index contributed by atoms with van der Waals surface area (Å²) in [5, 5.41) is 0. The third kappa shape index (κ3) is 2.89. The van der Waals surface area contributed by atoms with E-state index < -0.39 is 0 Å². The lowest BCUT2D eigenvalue weighted by atomic mass is 10.2. The Morgan fingerprint density at radius 3 is 2.64 bits per heavy atom. The van der Waals surface area contributed by atoms with Crippen molar-refractivity contribution in [3.63, 3.8) is 0 Å². The van der Waals surface area contributed by atoms with Crippen molar-refractivity contribution >= 4 is 0 Å². The van der Waals surface area contributed by atoms with Crippen LogP contribution in [0.1, 0.15) is 5.56 Å². The molecule has 0 aliphatic rings. The van der Waals surface area contributed by atoms with E-state index in [0.29, 0.717) is 0 Å². The SMILES string of the molecule is COC=CCc1ccccc1. The molecule has 1 nitrogen and oxygen atoms in total. The maximum atomic E-state index is 4.78. The van der Waals surface area contributed by atoms with Gasteiger partial charge in [-0.05, 0) is 18.1 Å². The molecule has 0 aromatic heterocycles. The molecule has 0 bridgehead atoms. The van der Waals surface area contributed by atoms with Crippen LogP contribution in [-0.2, 0) is 11.2 Å². The van der Waals surface area contributed by atoms with Gasteiger partial charge in [-0.2, -0.15) is 0 Å². The summed E-state index contributed by atoms with van der Waals surface area (Å²) in [5.74, 6) is 0. The Bertz CT molecular complexity index is 214. The summed E-state index contributed by atoms with van der Waals surface area (Å²) in [6.07, 6.45) is 4.64. The van der Waals surface area contributed by atoms with E-state index in [0.717, 1.165) is 6.42 Å². The molecule has 0 saturated heterocycles. The van der Waals surface area contributed by atoms with Gasteiger partial charge in [0, 0.05) is 0 Å². The van der Waals surface area contributed by atoms with Crippen LogP contribution < -0.4 is 0 Å². The molecule has 1 aromatic rings. The van der Waals surface area contributed by atoms with E-state index in [1.807, 2.05) is 24.3 Å². The zero-order valence-electron chi connectivity index (χ0n) is 6.66. The summed E-state index contributed by atoms with van der Waals surface area (Å²) in [6, 6.07) is 10.3. The Kier molecular flexibility index (Phi) is 3.26. The van der Waals surface area contributed by atoms with Crippen LogP contribution in [0.15, 0.2) is 42.7 Å². The smallest absolute Gasteiger partial charge is 0.0788 e. The molecule has 0 amide bonds. The molecule has 1 aromatic carbocycles. The molecule has 0 unspecified atom stereocenters. The van der Waals surface area contributed by atoms with Gasteiger partial charge >= 0.3 is 0 Å². The fourth-order valence-electron chi connectivity index (χ4n) is 0.895. The van der Waals surface area contributed by atoms with Crippen molar-refractivity contribution in [2.75, 3.05) is 7.11 Å². The molecule has 1 rings (SSSR count). The molecule has 0 aliphatic heterocycles. The summed E-state index contributed by atoms with van der Waals surface area (Å²) in [7, 11) is 1.65. The van der Waals surface area contributed by atoms with Crippen molar-refractivity contribution in [1.82, 2.24) is 0 Å². The highest BCUT2D eigenvalue weighted by molar-refractivity contribution is 5.16. The standard InChI is InChI=1S/C10H12O/c1-11-9-5-8-10-6-3-2-4-7-10/h2-7,9H,8H2,1H3. The van der Waals surface area contributed by atoms with Crippen LogP contribution in [0.2, 0.25) is 0 Å². The van der Waals surface area contributed by atoms with Gasteiger partial charge in [0.15, 0.2) is 0 Å². The molecule has 0 saturated carbocycles. The van der Waals surface area contributed by atoms with Gasteiger partial charge in [-0.3, -0.25) is 0 Å². The lowest BCUT2D eigenvalue weighted by molar-refractivity contribution is 0.337. The third-order valence-electron chi connectivity index (χ3n) is 1.43. The molecule has 0 aliphatic carbocycles. The van der Waals surface area contributed by atoms with Gasteiger partial charge in [-0.25, -0.2) is 0 Å². The molecule has 0 radical (unpaired) electrons. The molecule has 11 heavy (non-hydrogen) atoms. The highest BCUT2D eigenvalue weighted by Crippen LogP contribution is 1.99. The summed E-state index contributed by atoms with van der Waals surface area (Å²) >= 11 is 0. The summed E-state index contributed by atoms with van der Waals surface area (Å²) in [6.45, 7) is 0. The highest BCUT2D eigenvalue weighted by Gasteiger charge is 1.84. The zero-order valence-corrected chi connectivity index (χ0v) is 6.66. The monoisotopic (exact) mass is 148 g/mol. The first-order chi connectivity index (χ1) is 5.43. The van der Waals surface area contributed by atoms with Gasteiger partial charge in [0.05, 0.1) is 13.4 Å². The summed E-state index contributed by atoms with van der Waals surface area (Å²) in [5.41, 5.74) is 1.31. The lowest BCUT2D eigenvalue weighted by Gasteiger charge is -1.93. The normalized spacial score (nSPS) is 10.3. The molecule has 0 N–H and O–H groups in total. The van der Waals surface area contributed by atoms with Crippen molar-refractivity contribution in [3.8, 4) is 0 Å². The van der Waals surface area contributed by atoms with Gasteiger partial charge in [-0.15, -0.1) is 0 Å². The van der Waals surface area contributed by atoms with E-state index in [1.54, 1.807) is 13.4 Å². The predicted molar refractivity (Wildman–Crippen MR) is 46.3 cm³/mol. The number of hydrogen-bond acceptors (Lipinski definition) is 1. The molecule has 1 heteroatoms. The Morgan fingerprint density at radius 1 is 1.27 bits per heavy atom. The maximum absolute atomic E-state index is 4.78. The number of hydrogen-bond donors (Lipinski definition) is 0. The quantitative estimate of drug-likeness (QED) is 0.598. The van der Waals surface area contributed by atoms with Crippen LogP contribution in [0.5, 0.6) is 0 Å². The van der Waals surface area contributed by atoms with Gasteiger partial charge in [0.2, 0.25) is 0 Å². The number of methoxy groups -OCH3 is 1. The molecular weight excluding hydrogens is 136 g/mol. The first-order valence-electron chi connectivity index (χ1n) is 3.65. The topological polar surface area (TPSA) is 9.23 Å². The first-order valence-corrected chi connectivity index (χ1v) is 3.65. The van der Waals surface area contributed by atoms with E-state index in [4.69, 9.17) is 4.74 Å². The molecule has 0 atom stereocenters. The number of benzene rings is 1. The van der Waals surface area contributed by atoms with E-state index in [9.17, 15) is 0 Å². The van der Waals surface area contributed by atoms with E-state index in [-0.39, 0.29) is 0 Å². The second kappa shape index (κ2) is 4.56. The summed E-state index contributed by atoms with van der Waals surface area (Å²) < 4.78 is 4.78. The van der Waals surface area contributed by atoms with Crippen molar-refractivity contribution < 1.29 is 4.74 Å². The maximum Gasteiger partial charge on any atom is 0.0788 e. The zero-order chi connectivity index (χ0) is 7.94. The second-order valence-corrected chi connectivity index (χ2v) is 2.30. The number of rotatable bonds is 3. The van der Waals surface area contributed by atoms with Crippen LogP contribution >= 0.6 is 0 Å². The van der Waals surface area contributed by atoms with E-state index in [1.165, 1.54) is 5.56 Å². The first kappa shape index (κ1) is 7.86. The predicted octanol–water partition coefficient (Wildman–Crippen LogP) is 2.39. The van der Waals surface area contributed by atoms with Crippen molar-refractivity contribution in [3.05, 3.63) is 48.2 Å². The van der Waals surface area contributed by atoms with Crippen molar-refractivity contribution in [1.29, 1.82) is 0 Å². The van der Waals surface area contributed by atoms with Crippen LogP contribution in [0.3, 0.4) is 0 Å². The Labute approximate surface area is 67.3 Å². The lowest BCUT2D eigenvalue weighted by Crippen LogP contribution is -1.78. The minimum Gasteiger partial charge on any atom is -0.505 e. The highest BCUT2D eigenvalue weighted by atomic mass is 16.5. The van der Waals surface area contributed by atoms with E-state index in [2.05, 4.69) is 12.1 Å². The minimum atomic E-state index is 0.939. The Morgan fingerprint density at radius 2 is 2.00 bits per heavy atom. The Balaban J connectivity index is 2.45. The average molecular weight is 148 g/mol. The third-order valence-corrected chi connectivity index (χ3v) is 1.43.